The normalized spacial score (nSPS) is 12.0. The molecule has 0 aliphatic heterocycles. The van der Waals surface area contributed by atoms with Gasteiger partial charge in [0.15, 0.2) is 0 Å². The van der Waals surface area contributed by atoms with Crippen molar-refractivity contribution in [2.75, 3.05) is 23.3 Å². The van der Waals surface area contributed by atoms with Crippen LogP contribution in [-0.4, -0.2) is 28.8 Å². The van der Waals surface area contributed by atoms with Gasteiger partial charge in [-0.1, -0.05) is 22.6 Å². The van der Waals surface area contributed by atoms with Gasteiger partial charge >= 0.3 is 5.51 Å². The summed E-state index contributed by atoms with van der Waals surface area (Å²) in [6.45, 7) is 1.20. The van der Waals surface area contributed by atoms with Crippen molar-refractivity contribution in [3.63, 3.8) is 0 Å². The predicted octanol–water partition coefficient (Wildman–Crippen LogP) is 2.26. The van der Waals surface area contributed by atoms with E-state index in [-0.39, 0.29) is 17.5 Å². The lowest BCUT2D eigenvalue weighted by Crippen LogP contribution is -2.20. The summed E-state index contributed by atoms with van der Waals surface area (Å²) in [5, 5.41) is 2.88. The van der Waals surface area contributed by atoms with Crippen LogP contribution >= 0.6 is 34.4 Å². The van der Waals surface area contributed by atoms with Crippen LogP contribution in [0.4, 0.5) is 13.2 Å². The Morgan fingerprint density at radius 2 is 1.91 bits per heavy atom. The molecular formula is C5H9F3INS. The number of nitrogens with one attached hydrogen (secondary N) is 1. The van der Waals surface area contributed by atoms with E-state index in [4.69, 9.17) is 0 Å². The molecule has 68 valence electrons. The Morgan fingerprint density at radius 3 is 2.36 bits per heavy atom. The summed E-state index contributed by atoms with van der Waals surface area (Å²) in [6.07, 6.45) is 0. The molecule has 11 heavy (non-hydrogen) atoms. The van der Waals surface area contributed by atoms with E-state index >= 15 is 0 Å². The zero-order chi connectivity index (χ0) is 8.74. The van der Waals surface area contributed by atoms with E-state index in [0.29, 0.717) is 6.54 Å². The molecule has 0 saturated carbocycles. The number of alkyl halides is 4. The van der Waals surface area contributed by atoms with Gasteiger partial charge in [0.2, 0.25) is 0 Å². The molecule has 0 atom stereocenters. The third-order valence-corrected chi connectivity index (χ3v) is 2.09. The van der Waals surface area contributed by atoms with Gasteiger partial charge in [0.1, 0.15) is 0 Å². The van der Waals surface area contributed by atoms with Crippen LogP contribution in [-0.2, 0) is 0 Å². The highest BCUT2D eigenvalue weighted by Crippen LogP contribution is 2.29. The zero-order valence-corrected chi connectivity index (χ0v) is 8.72. The minimum Gasteiger partial charge on any atom is -0.315 e. The first-order valence-electron chi connectivity index (χ1n) is 3.03. The first-order valence-corrected chi connectivity index (χ1v) is 5.55. The lowest BCUT2D eigenvalue weighted by molar-refractivity contribution is -0.0327. The van der Waals surface area contributed by atoms with Crippen molar-refractivity contribution in [1.82, 2.24) is 5.32 Å². The van der Waals surface area contributed by atoms with Crippen molar-refractivity contribution >= 4 is 34.4 Å². The summed E-state index contributed by atoms with van der Waals surface area (Å²) < 4.78 is 35.4. The van der Waals surface area contributed by atoms with Gasteiger partial charge in [-0.25, -0.2) is 0 Å². The van der Waals surface area contributed by atoms with E-state index in [1.165, 1.54) is 0 Å². The number of rotatable bonds is 5. The fraction of sp³-hybridized carbons (Fsp3) is 1.00. The van der Waals surface area contributed by atoms with Gasteiger partial charge in [0.05, 0.1) is 0 Å². The monoisotopic (exact) mass is 299 g/mol. The standard InChI is InChI=1S/C5H9F3INS/c6-5(7,8)11-4-3-10-2-1-9/h10H,1-4H2. The smallest absolute Gasteiger partial charge is 0.315 e. The highest BCUT2D eigenvalue weighted by Gasteiger charge is 2.27. The summed E-state index contributed by atoms with van der Waals surface area (Å²) in [5.41, 5.74) is -4.08. The van der Waals surface area contributed by atoms with Crippen LogP contribution in [0, 0.1) is 0 Å². The van der Waals surface area contributed by atoms with Gasteiger partial charge in [-0.05, 0) is 11.8 Å². The van der Waals surface area contributed by atoms with E-state index in [9.17, 15) is 13.2 Å². The van der Waals surface area contributed by atoms with Crippen LogP contribution in [0.2, 0.25) is 0 Å². The Labute approximate surface area is 81.6 Å². The molecule has 0 aliphatic rings. The predicted molar refractivity (Wildman–Crippen MR) is 50.3 cm³/mol. The molecular weight excluding hydrogens is 290 g/mol. The number of hydrogen-bond acceptors (Lipinski definition) is 2. The van der Waals surface area contributed by atoms with E-state index in [2.05, 4.69) is 27.9 Å². The SMILES string of the molecule is FC(F)(F)SCCNCCI. The topological polar surface area (TPSA) is 12.0 Å². The second-order valence-corrected chi connectivity index (χ2v) is 3.97. The maximum atomic E-state index is 11.5. The second-order valence-electron chi connectivity index (χ2n) is 1.73. The van der Waals surface area contributed by atoms with Crippen molar-refractivity contribution < 1.29 is 13.2 Å². The molecule has 0 aromatic rings. The van der Waals surface area contributed by atoms with Gasteiger partial charge in [0, 0.05) is 23.3 Å². The Hall–Kier alpha value is 0.830. The summed E-state index contributed by atoms with van der Waals surface area (Å²) in [7, 11) is 0. The average molecular weight is 299 g/mol. The molecule has 0 bridgehead atoms. The molecule has 0 aromatic heterocycles. The molecule has 1 N–H and O–H groups in total. The Bertz CT molecular complexity index is 98.2. The lowest BCUT2D eigenvalue weighted by Gasteiger charge is -2.05. The first-order chi connectivity index (χ1) is 5.06. The van der Waals surface area contributed by atoms with Crippen LogP contribution < -0.4 is 5.32 Å². The molecule has 6 heteroatoms. The number of thioether (sulfide) groups is 1. The minimum absolute atomic E-state index is 0.0191. The minimum atomic E-state index is -4.08. The molecule has 0 spiro atoms. The molecule has 0 saturated heterocycles. The van der Waals surface area contributed by atoms with E-state index < -0.39 is 5.51 Å². The van der Waals surface area contributed by atoms with Crippen molar-refractivity contribution in [2.24, 2.45) is 0 Å². The van der Waals surface area contributed by atoms with Gasteiger partial charge in [-0.15, -0.1) is 0 Å². The van der Waals surface area contributed by atoms with Gasteiger partial charge in [-0.3, -0.25) is 0 Å². The van der Waals surface area contributed by atoms with Crippen LogP contribution in [0.5, 0.6) is 0 Å². The average Bonchev–Trinajstić information content (AvgIpc) is 1.85. The van der Waals surface area contributed by atoms with Gasteiger partial charge in [0.25, 0.3) is 0 Å². The van der Waals surface area contributed by atoms with Gasteiger partial charge < -0.3 is 5.32 Å². The van der Waals surface area contributed by atoms with Crippen LogP contribution in [0.3, 0.4) is 0 Å². The lowest BCUT2D eigenvalue weighted by atomic mass is 10.7. The fourth-order valence-corrected chi connectivity index (χ4v) is 1.29. The molecule has 0 unspecified atom stereocenters. The van der Waals surface area contributed by atoms with E-state index in [1.54, 1.807) is 0 Å². The zero-order valence-electron chi connectivity index (χ0n) is 5.75. The van der Waals surface area contributed by atoms with Crippen molar-refractivity contribution in [3.8, 4) is 0 Å². The Morgan fingerprint density at radius 1 is 1.27 bits per heavy atom. The van der Waals surface area contributed by atoms with Crippen LogP contribution in [0.25, 0.3) is 0 Å². The summed E-state index contributed by atoms with van der Waals surface area (Å²) in [4.78, 5) is 0. The fourth-order valence-electron chi connectivity index (χ4n) is 0.431. The molecule has 0 rings (SSSR count). The quantitative estimate of drug-likeness (QED) is 0.475. The Balaban J connectivity index is 3.02. The van der Waals surface area contributed by atoms with E-state index in [0.717, 1.165) is 11.0 Å². The molecule has 1 nitrogen and oxygen atoms in total. The Kier molecular flexibility index (Phi) is 6.84. The third-order valence-electron chi connectivity index (χ3n) is 0.816. The molecule has 0 fully saturated rings. The van der Waals surface area contributed by atoms with Gasteiger partial charge in [-0.2, -0.15) is 13.2 Å². The summed E-state index contributed by atoms with van der Waals surface area (Å²) >= 11 is 2.18. The van der Waals surface area contributed by atoms with Crippen molar-refractivity contribution in [2.45, 2.75) is 5.51 Å². The van der Waals surface area contributed by atoms with Crippen LogP contribution in [0.1, 0.15) is 0 Å². The van der Waals surface area contributed by atoms with Crippen LogP contribution in [0.15, 0.2) is 0 Å². The number of hydrogen-bond donors (Lipinski definition) is 1. The second kappa shape index (κ2) is 6.36. The highest BCUT2D eigenvalue weighted by molar-refractivity contribution is 14.1. The van der Waals surface area contributed by atoms with E-state index in [1.807, 2.05) is 0 Å². The van der Waals surface area contributed by atoms with Crippen molar-refractivity contribution in [1.29, 1.82) is 0 Å². The summed E-state index contributed by atoms with van der Waals surface area (Å²) in [6, 6.07) is 0. The maximum absolute atomic E-state index is 11.5. The number of halogens is 4. The molecule has 0 aliphatic carbocycles. The molecule has 0 heterocycles. The van der Waals surface area contributed by atoms with Crippen molar-refractivity contribution in [3.05, 3.63) is 0 Å². The molecule has 0 amide bonds. The molecule has 0 radical (unpaired) electrons. The third kappa shape index (κ3) is 10.8. The molecule has 0 aromatic carbocycles. The largest absolute Gasteiger partial charge is 0.441 e. The highest BCUT2D eigenvalue weighted by atomic mass is 127. The maximum Gasteiger partial charge on any atom is 0.441 e. The summed E-state index contributed by atoms with van der Waals surface area (Å²) in [5.74, 6) is 0.0974. The first kappa shape index (κ1) is 11.8.